The number of aromatic nitrogens is 3. The maximum absolute atomic E-state index is 11.4. The second-order valence-corrected chi connectivity index (χ2v) is 5.80. The smallest absolute Gasteiger partial charge is 0.317 e. The first-order valence-electron chi connectivity index (χ1n) is 5.61. The molecule has 0 saturated heterocycles. The molecule has 6 nitrogen and oxygen atoms in total. The van der Waals surface area contributed by atoms with Gasteiger partial charge in [-0.15, -0.1) is 5.10 Å². The van der Waals surface area contributed by atoms with E-state index in [1.54, 1.807) is 30.1 Å². The molecule has 0 bridgehead atoms. The summed E-state index contributed by atoms with van der Waals surface area (Å²) in [5.74, 6) is 0. The fraction of sp³-hybridized carbons (Fsp3) is 0.364. The zero-order chi connectivity index (χ0) is 13.8. The lowest BCUT2D eigenvalue weighted by Crippen LogP contribution is -2.34. The monoisotopic (exact) mass is 343 g/mol. The predicted molar refractivity (Wildman–Crippen MR) is 77.1 cm³/mol. The molecule has 0 unspecified atom stereocenters. The average Bonchev–Trinajstić information content (AvgIpc) is 2.97. The molecule has 2 aromatic rings. The number of hydrogen-bond acceptors (Lipinski definition) is 4. The average molecular weight is 344 g/mol. The van der Waals surface area contributed by atoms with Crippen LogP contribution in [0.5, 0.6) is 0 Å². The van der Waals surface area contributed by atoms with E-state index < -0.39 is 0 Å². The van der Waals surface area contributed by atoms with Crippen LogP contribution in [0.15, 0.2) is 21.4 Å². The second-order valence-electron chi connectivity index (χ2n) is 4.21. The third kappa shape index (κ3) is 3.77. The molecule has 0 atom stereocenters. The van der Waals surface area contributed by atoms with Crippen LogP contribution in [0.1, 0.15) is 11.3 Å². The van der Waals surface area contributed by atoms with E-state index in [-0.39, 0.29) is 6.03 Å². The van der Waals surface area contributed by atoms with Crippen molar-refractivity contribution in [2.75, 3.05) is 14.1 Å². The van der Waals surface area contributed by atoms with Crippen molar-refractivity contribution >= 4 is 33.3 Å². The SMILES string of the molecule is CN(C)C(=O)NCc1cn(Cc2cscc2Br)nn1. The van der Waals surface area contributed by atoms with Gasteiger partial charge in [-0.1, -0.05) is 5.21 Å². The molecule has 2 amide bonds. The highest BCUT2D eigenvalue weighted by atomic mass is 79.9. The minimum absolute atomic E-state index is 0.143. The molecule has 0 aliphatic rings. The highest BCUT2D eigenvalue weighted by molar-refractivity contribution is 9.10. The molecule has 19 heavy (non-hydrogen) atoms. The summed E-state index contributed by atoms with van der Waals surface area (Å²) in [5, 5.41) is 14.9. The van der Waals surface area contributed by atoms with Gasteiger partial charge in [-0.05, 0) is 26.9 Å². The molecule has 2 aromatic heterocycles. The Kier molecular flexibility index (Phi) is 4.54. The summed E-state index contributed by atoms with van der Waals surface area (Å²) in [6.07, 6.45) is 1.83. The van der Waals surface area contributed by atoms with Crippen molar-refractivity contribution in [3.8, 4) is 0 Å². The number of urea groups is 1. The van der Waals surface area contributed by atoms with Crippen LogP contribution in [0.2, 0.25) is 0 Å². The summed E-state index contributed by atoms with van der Waals surface area (Å²) in [7, 11) is 3.39. The molecule has 0 aliphatic heterocycles. The van der Waals surface area contributed by atoms with E-state index in [1.165, 1.54) is 10.5 Å². The van der Waals surface area contributed by atoms with Crippen molar-refractivity contribution in [1.82, 2.24) is 25.2 Å². The Morgan fingerprint density at radius 3 is 2.95 bits per heavy atom. The van der Waals surface area contributed by atoms with Crippen molar-refractivity contribution < 1.29 is 4.79 Å². The maximum Gasteiger partial charge on any atom is 0.317 e. The van der Waals surface area contributed by atoms with Crippen LogP contribution >= 0.6 is 27.3 Å². The van der Waals surface area contributed by atoms with Crippen LogP contribution in [-0.2, 0) is 13.1 Å². The highest BCUT2D eigenvalue weighted by Crippen LogP contribution is 2.21. The zero-order valence-corrected chi connectivity index (χ0v) is 13.0. The number of carbonyl (C=O) groups is 1. The van der Waals surface area contributed by atoms with Gasteiger partial charge in [0.15, 0.2) is 0 Å². The number of nitrogens with zero attached hydrogens (tertiary/aromatic N) is 4. The molecule has 0 aromatic carbocycles. The largest absolute Gasteiger partial charge is 0.332 e. The zero-order valence-electron chi connectivity index (χ0n) is 10.6. The number of thiophene rings is 1. The molecule has 0 saturated carbocycles. The highest BCUT2D eigenvalue weighted by Gasteiger charge is 2.07. The van der Waals surface area contributed by atoms with Crippen LogP contribution < -0.4 is 5.32 Å². The van der Waals surface area contributed by atoms with Gasteiger partial charge in [0.05, 0.1) is 19.3 Å². The predicted octanol–water partition coefficient (Wildman–Crippen LogP) is 1.92. The number of halogens is 1. The lowest BCUT2D eigenvalue weighted by molar-refractivity contribution is 0.217. The Hall–Kier alpha value is -1.41. The van der Waals surface area contributed by atoms with Crippen molar-refractivity contribution in [2.45, 2.75) is 13.1 Å². The second kappa shape index (κ2) is 6.16. The van der Waals surface area contributed by atoms with Crippen LogP contribution in [0.25, 0.3) is 0 Å². The van der Waals surface area contributed by atoms with Crippen LogP contribution in [-0.4, -0.2) is 40.0 Å². The molecule has 0 spiro atoms. The first-order valence-corrected chi connectivity index (χ1v) is 7.34. The van der Waals surface area contributed by atoms with E-state index in [0.717, 1.165) is 10.2 Å². The molecule has 0 aliphatic carbocycles. The molecular formula is C11H14BrN5OS. The summed E-state index contributed by atoms with van der Waals surface area (Å²) in [6, 6.07) is -0.143. The molecule has 8 heteroatoms. The lowest BCUT2D eigenvalue weighted by atomic mass is 10.3. The molecule has 1 N–H and O–H groups in total. The Balaban J connectivity index is 1.92. The fourth-order valence-electron chi connectivity index (χ4n) is 1.42. The van der Waals surface area contributed by atoms with E-state index in [4.69, 9.17) is 0 Å². The van der Waals surface area contributed by atoms with Gasteiger partial charge >= 0.3 is 6.03 Å². The van der Waals surface area contributed by atoms with Gasteiger partial charge in [0.2, 0.25) is 0 Å². The number of hydrogen-bond donors (Lipinski definition) is 1. The minimum Gasteiger partial charge on any atom is -0.332 e. The molecule has 0 fully saturated rings. The topological polar surface area (TPSA) is 63.1 Å². The summed E-state index contributed by atoms with van der Waals surface area (Å²) >= 11 is 5.12. The van der Waals surface area contributed by atoms with E-state index in [2.05, 4.69) is 36.9 Å². The van der Waals surface area contributed by atoms with E-state index >= 15 is 0 Å². The third-order valence-corrected chi connectivity index (χ3v) is 4.27. The normalized spacial score (nSPS) is 10.5. The molecule has 2 heterocycles. The number of amides is 2. The first kappa shape index (κ1) is 14.0. The van der Waals surface area contributed by atoms with E-state index in [0.29, 0.717) is 13.1 Å². The van der Waals surface area contributed by atoms with Gasteiger partial charge in [0.25, 0.3) is 0 Å². The molecule has 2 rings (SSSR count). The van der Waals surface area contributed by atoms with Gasteiger partial charge < -0.3 is 10.2 Å². The van der Waals surface area contributed by atoms with E-state index in [1.807, 2.05) is 11.6 Å². The molecular weight excluding hydrogens is 330 g/mol. The number of rotatable bonds is 4. The Labute approximate surface area is 123 Å². The quantitative estimate of drug-likeness (QED) is 0.922. The van der Waals surface area contributed by atoms with Gasteiger partial charge in [0.1, 0.15) is 5.69 Å². The summed E-state index contributed by atoms with van der Waals surface area (Å²) in [4.78, 5) is 12.9. The standard InChI is InChI=1S/C11H14BrN5OS/c1-16(2)11(18)13-3-9-5-17(15-14-9)4-8-6-19-7-10(8)12/h5-7H,3-4H2,1-2H3,(H,13,18). The van der Waals surface area contributed by atoms with Gasteiger partial charge in [-0.2, -0.15) is 11.3 Å². The van der Waals surface area contributed by atoms with Crippen LogP contribution in [0, 0.1) is 0 Å². The number of nitrogens with one attached hydrogen (secondary N) is 1. The van der Waals surface area contributed by atoms with Crippen molar-refractivity contribution in [3.05, 3.63) is 32.7 Å². The first-order chi connectivity index (χ1) is 9.06. The molecule has 102 valence electrons. The Morgan fingerprint density at radius 2 is 2.32 bits per heavy atom. The summed E-state index contributed by atoms with van der Waals surface area (Å²) in [6.45, 7) is 1.04. The van der Waals surface area contributed by atoms with Gasteiger partial charge in [-0.3, -0.25) is 0 Å². The summed E-state index contributed by atoms with van der Waals surface area (Å²) < 4.78 is 2.83. The van der Waals surface area contributed by atoms with Crippen LogP contribution in [0.3, 0.4) is 0 Å². The maximum atomic E-state index is 11.4. The van der Waals surface area contributed by atoms with Crippen LogP contribution in [0.4, 0.5) is 4.79 Å². The molecule has 0 radical (unpaired) electrons. The van der Waals surface area contributed by atoms with Gasteiger partial charge in [0, 0.05) is 23.9 Å². The fourth-order valence-corrected chi connectivity index (χ4v) is 2.84. The Bertz CT molecular complexity index is 565. The minimum atomic E-state index is -0.143. The Morgan fingerprint density at radius 1 is 1.53 bits per heavy atom. The number of carbonyl (C=O) groups excluding carboxylic acids is 1. The third-order valence-electron chi connectivity index (χ3n) is 2.43. The van der Waals surface area contributed by atoms with Crippen molar-refractivity contribution in [1.29, 1.82) is 0 Å². The van der Waals surface area contributed by atoms with Gasteiger partial charge in [-0.25, -0.2) is 9.48 Å². The van der Waals surface area contributed by atoms with E-state index in [9.17, 15) is 4.79 Å². The van der Waals surface area contributed by atoms with Crippen molar-refractivity contribution in [2.24, 2.45) is 0 Å². The van der Waals surface area contributed by atoms with Crippen molar-refractivity contribution in [3.63, 3.8) is 0 Å². The summed E-state index contributed by atoms with van der Waals surface area (Å²) in [5.41, 5.74) is 1.90. The lowest BCUT2D eigenvalue weighted by Gasteiger charge is -2.10.